The highest BCUT2D eigenvalue weighted by Crippen LogP contribution is 2.24. The standard InChI is InChI=1S/C17H25FN2O2/c1-12(2)22-16-5-4-14(18)10-15(16)17(21)13(3)11-20-8-6-19-7-9-20/h4-5,10,12-13,19H,6-9,11H2,1-3H3. The van der Waals surface area contributed by atoms with Crippen molar-refractivity contribution >= 4 is 5.78 Å². The number of nitrogens with zero attached hydrogens (tertiary/aromatic N) is 1. The molecule has 1 aromatic rings. The van der Waals surface area contributed by atoms with E-state index >= 15 is 0 Å². The Morgan fingerprint density at radius 3 is 2.64 bits per heavy atom. The Bertz CT molecular complexity index is 513. The average molecular weight is 308 g/mol. The highest BCUT2D eigenvalue weighted by molar-refractivity contribution is 6.00. The molecule has 1 unspecified atom stereocenters. The van der Waals surface area contributed by atoms with Gasteiger partial charge in [-0.2, -0.15) is 0 Å². The summed E-state index contributed by atoms with van der Waals surface area (Å²) in [6, 6.07) is 4.16. The number of ether oxygens (including phenoxy) is 1. The molecule has 122 valence electrons. The molecule has 0 radical (unpaired) electrons. The normalized spacial score (nSPS) is 17.5. The number of piperazine rings is 1. The molecular weight excluding hydrogens is 283 g/mol. The second kappa shape index (κ2) is 7.70. The lowest BCUT2D eigenvalue weighted by Gasteiger charge is -2.29. The predicted molar refractivity (Wildman–Crippen MR) is 85.0 cm³/mol. The maximum atomic E-state index is 13.5. The van der Waals surface area contributed by atoms with Gasteiger partial charge in [0.15, 0.2) is 5.78 Å². The zero-order valence-corrected chi connectivity index (χ0v) is 13.6. The van der Waals surface area contributed by atoms with Gasteiger partial charge in [0.2, 0.25) is 0 Å². The van der Waals surface area contributed by atoms with Crippen molar-refractivity contribution in [2.45, 2.75) is 26.9 Å². The molecule has 0 aliphatic carbocycles. The van der Waals surface area contributed by atoms with Gasteiger partial charge in [0.25, 0.3) is 0 Å². The first kappa shape index (κ1) is 16.9. The second-order valence-electron chi connectivity index (χ2n) is 6.12. The Morgan fingerprint density at radius 2 is 2.00 bits per heavy atom. The lowest BCUT2D eigenvalue weighted by Crippen LogP contribution is -2.45. The summed E-state index contributed by atoms with van der Waals surface area (Å²) in [6.07, 6.45) is -0.0551. The molecule has 1 aliphatic heterocycles. The molecule has 4 nitrogen and oxygen atoms in total. The fourth-order valence-corrected chi connectivity index (χ4v) is 2.68. The maximum Gasteiger partial charge on any atom is 0.170 e. The summed E-state index contributed by atoms with van der Waals surface area (Å²) >= 11 is 0. The van der Waals surface area contributed by atoms with Gasteiger partial charge >= 0.3 is 0 Å². The number of carbonyl (C=O) groups excluding carboxylic acids is 1. The summed E-state index contributed by atoms with van der Waals surface area (Å²) in [7, 11) is 0. The number of nitrogens with one attached hydrogen (secondary N) is 1. The van der Waals surface area contributed by atoms with Crippen LogP contribution in [-0.4, -0.2) is 49.5 Å². The topological polar surface area (TPSA) is 41.6 Å². The predicted octanol–water partition coefficient (Wildman–Crippen LogP) is 2.34. The molecule has 0 bridgehead atoms. The van der Waals surface area contributed by atoms with E-state index in [0.29, 0.717) is 17.9 Å². The minimum Gasteiger partial charge on any atom is -0.490 e. The fourth-order valence-electron chi connectivity index (χ4n) is 2.68. The quantitative estimate of drug-likeness (QED) is 0.819. The summed E-state index contributed by atoms with van der Waals surface area (Å²) in [5.41, 5.74) is 0.344. The van der Waals surface area contributed by atoms with E-state index in [1.807, 2.05) is 20.8 Å². The van der Waals surface area contributed by atoms with Crippen LogP contribution < -0.4 is 10.1 Å². The first-order valence-corrected chi connectivity index (χ1v) is 7.91. The Morgan fingerprint density at radius 1 is 1.32 bits per heavy atom. The van der Waals surface area contributed by atoms with Crippen LogP contribution in [0.2, 0.25) is 0 Å². The zero-order chi connectivity index (χ0) is 16.1. The molecule has 0 spiro atoms. The van der Waals surface area contributed by atoms with Crippen molar-refractivity contribution in [3.8, 4) is 5.75 Å². The summed E-state index contributed by atoms with van der Waals surface area (Å²) in [6.45, 7) is 10.1. The SMILES string of the molecule is CC(C)Oc1ccc(F)cc1C(=O)C(C)CN1CCNCC1. The molecule has 1 saturated heterocycles. The van der Waals surface area contributed by atoms with E-state index in [4.69, 9.17) is 4.74 Å². The van der Waals surface area contributed by atoms with Crippen LogP contribution in [0.5, 0.6) is 5.75 Å². The number of benzene rings is 1. The van der Waals surface area contributed by atoms with Crippen molar-refractivity contribution in [2.75, 3.05) is 32.7 Å². The van der Waals surface area contributed by atoms with Crippen LogP contribution in [0.15, 0.2) is 18.2 Å². The second-order valence-corrected chi connectivity index (χ2v) is 6.12. The summed E-state index contributed by atoms with van der Waals surface area (Å²) in [5.74, 6) is -0.189. The third-order valence-electron chi connectivity index (χ3n) is 3.76. The molecule has 0 saturated carbocycles. The third kappa shape index (κ3) is 4.52. The van der Waals surface area contributed by atoms with E-state index in [0.717, 1.165) is 26.2 Å². The van der Waals surface area contributed by atoms with Gasteiger partial charge in [-0.3, -0.25) is 4.79 Å². The number of ketones is 1. The Hall–Kier alpha value is -1.46. The van der Waals surface area contributed by atoms with Crippen molar-refractivity contribution in [3.63, 3.8) is 0 Å². The van der Waals surface area contributed by atoms with Crippen LogP contribution in [0.25, 0.3) is 0 Å². The van der Waals surface area contributed by atoms with Crippen LogP contribution >= 0.6 is 0 Å². The lowest BCUT2D eigenvalue weighted by molar-refractivity contribution is 0.0881. The number of halogens is 1. The molecule has 0 amide bonds. The molecule has 0 aromatic heterocycles. The Balaban J connectivity index is 2.11. The van der Waals surface area contributed by atoms with Gasteiger partial charge in [-0.1, -0.05) is 6.92 Å². The van der Waals surface area contributed by atoms with Gasteiger partial charge in [0, 0.05) is 38.6 Å². The molecule has 1 heterocycles. The molecule has 1 aromatic carbocycles. The van der Waals surface area contributed by atoms with Gasteiger partial charge in [-0.05, 0) is 32.0 Å². The van der Waals surface area contributed by atoms with Crippen LogP contribution in [0.3, 0.4) is 0 Å². The number of hydrogen-bond acceptors (Lipinski definition) is 4. The molecule has 1 fully saturated rings. The maximum absolute atomic E-state index is 13.5. The van der Waals surface area contributed by atoms with Gasteiger partial charge in [-0.15, -0.1) is 0 Å². The van der Waals surface area contributed by atoms with Gasteiger partial charge in [0.05, 0.1) is 11.7 Å². The van der Waals surface area contributed by atoms with E-state index in [1.54, 1.807) is 6.07 Å². The smallest absolute Gasteiger partial charge is 0.170 e. The van der Waals surface area contributed by atoms with E-state index in [1.165, 1.54) is 12.1 Å². The molecule has 22 heavy (non-hydrogen) atoms. The van der Waals surface area contributed by atoms with Crippen molar-refractivity contribution in [1.29, 1.82) is 0 Å². The zero-order valence-electron chi connectivity index (χ0n) is 13.6. The van der Waals surface area contributed by atoms with Gasteiger partial charge in [0.1, 0.15) is 11.6 Å². The summed E-state index contributed by atoms with van der Waals surface area (Å²) in [4.78, 5) is 14.9. The van der Waals surface area contributed by atoms with Gasteiger partial charge in [-0.25, -0.2) is 4.39 Å². The Kier molecular flexibility index (Phi) is 5.91. The molecule has 1 atom stereocenters. The number of hydrogen-bond donors (Lipinski definition) is 1. The monoisotopic (exact) mass is 308 g/mol. The van der Waals surface area contributed by atoms with E-state index in [-0.39, 0.29) is 17.8 Å². The molecule has 5 heteroatoms. The molecule has 1 aliphatic rings. The van der Waals surface area contributed by atoms with Crippen molar-refractivity contribution in [3.05, 3.63) is 29.6 Å². The molecule has 2 rings (SSSR count). The number of rotatable bonds is 6. The minimum atomic E-state index is -0.408. The van der Waals surface area contributed by atoms with Crippen LogP contribution in [0, 0.1) is 11.7 Å². The first-order valence-electron chi connectivity index (χ1n) is 7.91. The van der Waals surface area contributed by atoms with Gasteiger partial charge < -0.3 is 15.0 Å². The summed E-state index contributed by atoms with van der Waals surface area (Å²) < 4.78 is 19.2. The summed E-state index contributed by atoms with van der Waals surface area (Å²) in [5, 5.41) is 3.29. The number of Topliss-reactive ketones (excluding diaryl/α,β-unsaturated/α-hetero) is 1. The highest BCUT2D eigenvalue weighted by atomic mass is 19.1. The third-order valence-corrected chi connectivity index (χ3v) is 3.76. The average Bonchev–Trinajstić information content (AvgIpc) is 2.49. The van der Waals surface area contributed by atoms with E-state index < -0.39 is 5.82 Å². The van der Waals surface area contributed by atoms with Crippen molar-refractivity contribution < 1.29 is 13.9 Å². The van der Waals surface area contributed by atoms with Crippen LogP contribution in [-0.2, 0) is 0 Å². The number of carbonyl (C=O) groups is 1. The lowest BCUT2D eigenvalue weighted by atomic mass is 9.97. The van der Waals surface area contributed by atoms with Crippen LogP contribution in [0.1, 0.15) is 31.1 Å². The largest absolute Gasteiger partial charge is 0.490 e. The first-order chi connectivity index (χ1) is 10.5. The molecule has 1 N–H and O–H groups in total. The van der Waals surface area contributed by atoms with Crippen LogP contribution in [0.4, 0.5) is 4.39 Å². The molecular formula is C17H25FN2O2. The van der Waals surface area contributed by atoms with Crippen molar-refractivity contribution in [2.24, 2.45) is 5.92 Å². The van der Waals surface area contributed by atoms with E-state index in [9.17, 15) is 9.18 Å². The fraction of sp³-hybridized carbons (Fsp3) is 0.588. The minimum absolute atomic E-state index is 0.0551. The Labute approximate surface area is 131 Å². The van der Waals surface area contributed by atoms with Crippen molar-refractivity contribution in [1.82, 2.24) is 10.2 Å². The van der Waals surface area contributed by atoms with E-state index in [2.05, 4.69) is 10.2 Å². The highest BCUT2D eigenvalue weighted by Gasteiger charge is 2.23.